The van der Waals surface area contributed by atoms with E-state index in [4.69, 9.17) is 9.84 Å². The molecule has 0 amide bonds. The molecule has 2 heterocycles. The number of rotatable bonds is 9. The Morgan fingerprint density at radius 3 is 2.35 bits per heavy atom. The number of aryl methyl sites for hydroxylation is 1. The fraction of sp³-hybridized carbons (Fsp3) is 0.444. The summed E-state index contributed by atoms with van der Waals surface area (Å²) >= 11 is 0. The molecule has 0 aliphatic carbocycles. The smallest absolute Gasteiger partial charge is 0.137 e. The molecule has 6 nitrogen and oxygen atoms in total. The summed E-state index contributed by atoms with van der Waals surface area (Å²) < 4.78 is 21.4. The minimum atomic E-state index is -0.247. The van der Waals surface area contributed by atoms with Crippen molar-refractivity contribution in [2.45, 2.75) is 33.9 Å². The number of piperazine rings is 1. The van der Waals surface area contributed by atoms with Crippen LogP contribution in [0.3, 0.4) is 0 Å². The van der Waals surface area contributed by atoms with Crippen molar-refractivity contribution in [2.24, 2.45) is 0 Å². The molecule has 1 saturated heterocycles. The number of benzene rings is 2. The first-order valence-corrected chi connectivity index (χ1v) is 12.2. The SMILES string of the molecule is CCN1CCN(c2c(CN(CC)Cc3ccc(OC)cc3)c(C)nn2-c2cccc(F)c2)CC1. The van der Waals surface area contributed by atoms with Crippen LogP contribution in [0.2, 0.25) is 0 Å². The molecule has 2 aromatic carbocycles. The van der Waals surface area contributed by atoms with Crippen LogP contribution in [0.25, 0.3) is 5.69 Å². The van der Waals surface area contributed by atoms with Gasteiger partial charge in [-0.3, -0.25) is 4.90 Å². The fourth-order valence-electron chi connectivity index (χ4n) is 4.61. The monoisotopic (exact) mass is 465 g/mol. The van der Waals surface area contributed by atoms with E-state index in [1.165, 1.54) is 17.2 Å². The first-order valence-electron chi connectivity index (χ1n) is 12.2. The summed E-state index contributed by atoms with van der Waals surface area (Å²) in [7, 11) is 1.69. The van der Waals surface area contributed by atoms with E-state index in [9.17, 15) is 4.39 Å². The summed E-state index contributed by atoms with van der Waals surface area (Å²) in [6, 6.07) is 15.0. The van der Waals surface area contributed by atoms with Crippen molar-refractivity contribution in [1.82, 2.24) is 19.6 Å². The summed E-state index contributed by atoms with van der Waals surface area (Å²) in [4.78, 5) is 7.31. The van der Waals surface area contributed by atoms with Crippen LogP contribution in [0, 0.1) is 12.7 Å². The molecule has 4 rings (SSSR count). The van der Waals surface area contributed by atoms with Gasteiger partial charge in [0.1, 0.15) is 17.4 Å². The van der Waals surface area contributed by atoms with Gasteiger partial charge in [-0.15, -0.1) is 0 Å². The normalized spacial score (nSPS) is 14.7. The van der Waals surface area contributed by atoms with Gasteiger partial charge in [-0.25, -0.2) is 9.07 Å². The lowest BCUT2D eigenvalue weighted by atomic mass is 10.1. The van der Waals surface area contributed by atoms with Gasteiger partial charge in [-0.1, -0.05) is 32.0 Å². The van der Waals surface area contributed by atoms with Gasteiger partial charge in [0.05, 0.1) is 18.5 Å². The van der Waals surface area contributed by atoms with Gasteiger partial charge in [-0.2, -0.15) is 5.10 Å². The van der Waals surface area contributed by atoms with E-state index >= 15 is 0 Å². The topological polar surface area (TPSA) is 36.8 Å². The Morgan fingerprint density at radius 2 is 1.74 bits per heavy atom. The third-order valence-corrected chi connectivity index (χ3v) is 6.72. The Hall–Kier alpha value is -2.90. The number of hydrogen-bond acceptors (Lipinski definition) is 5. The summed E-state index contributed by atoms with van der Waals surface area (Å²) in [5, 5.41) is 4.90. The van der Waals surface area contributed by atoms with Crippen molar-refractivity contribution in [1.29, 1.82) is 0 Å². The van der Waals surface area contributed by atoms with Gasteiger partial charge in [0, 0.05) is 44.8 Å². The molecular weight excluding hydrogens is 429 g/mol. The average Bonchev–Trinajstić information content (AvgIpc) is 3.19. The van der Waals surface area contributed by atoms with Gasteiger partial charge in [0.2, 0.25) is 0 Å². The number of hydrogen-bond donors (Lipinski definition) is 0. The van der Waals surface area contributed by atoms with Crippen LogP contribution in [0.5, 0.6) is 5.75 Å². The average molecular weight is 466 g/mol. The highest BCUT2D eigenvalue weighted by atomic mass is 19.1. The van der Waals surface area contributed by atoms with Crippen LogP contribution in [0.1, 0.15) is 30.7 Å². The van der Waals surface area contributed by atoms with E-state index in [0.29, 0.717) is 0 Å². The Kier molecular flexibility index (Phi) is 7.85. The van der Waals surface area contributed by atoms with Gasteiger partial charge in [0.25, 0.3) is 0 Å². The zero-order chi connectivity index (χ0) is 24.1. The minimum Gasteiger partial charge on any atom is -0.497 e. The second-order valence-electron chi connectivity index (χ2n) is 8.85. The number of aromatic nitrogens is 2. The number of ether oxygens (including phenoxy) is 1. The Morgan fingerprint density at radius 1 is 1.00 bits per heavy atom. The summed E-state index contributed by atoms with van der Waals surface area (Å²) in [5.74, 6) is 1.71. The predicted molar refractivity (Wildman–Crippen MR) is 135 cm³/mol. The molecule has 1 aliphatic heterocycles. The first kappa shape index (κ1) is 24.2. The Labute approximate surface area is 202 Å². The molecule has 3 aromatic rings. The van der Waals surface area contributed by atoms with Crippen LogP contribution in [0.4, 0.5) is 10.2 Å². The minimum absolute atomic E-state index is 0.247. The molecule has 0 saturated carbocycles. The van der Waals surface area contributed by atoms with Crippen LogP contribution >= 0.6 is 0 Å². The molecule has 0 N–H and O–H groups in total. The lowest BCUT2D eigenvalue weighted by Crippen LogP contribution is -2.47. The van der Waals surface area contributed by atoms with Crippen molar-refractivity contribution in [3.63, 3.8) is 0 Å². The van der Waals surface area contributed by atoms with E-state index in [2.05, 4.69) is 47.6 Å². The number of anilines is 1. The molecule has 182 valence electrons. The van der Waals surface area contributed by atoms with Crippen molar-refractivity contribution in [3.8, 4) is 11.4 Å². The molecule has 0 bridgehead atoms. The molecule has 1 aliphatic rings. The molecule has 0 spiro atoms. The fourth-order valence-corrected chi connectivity index (χ4v) is 4.61. The Balaban J connectivity index is 1.66. The van der Waals surface area contributed by atoms with E-state index in [0.717, 1.165) is 75.3 Å². The quantitative estimate of drug-likeness (QED) is 0.465. The second-order valence-corrected chi connectivity index (χ2v) is 8.85. The van der Waals surface area contributed by atoms with Crippen molar-refractivity contribution >= 4 is 5.82 Å². The van der Waals surface area contributed by atoms with Crippen LogP contribution in [0.15, 0.2) is 48.5 Å². The zero-order valence-electron chi connectivity index (χ0n) is 20.8. The molecule has 0 unspecified atom stereocenters. The lowest BCUT2D eigenvalue weighted by Gasteiger charge is -2.36. The van der Waals surface area contributed by atoms with Crippen LogP contribution < -0.4 is 9.64 Å². The largest absolute Gasteiger partial charge is 0.497 e. The third kappa shape index (κ3) is 5.42. The highest BCUT2D eigenvalue weighted by Gasteiger charge is 2.26. The van der Waals surface area contributed by atoms with Gasteiger partial charge in [0.15, 0.2) is 0 Å². The molecule has 1 aromatic heterocycles. The highest BCUT2D eigenvalue weighted by Crippen LogP contribution is 2.30. The van der Waals surface area contributed by atoms with E-state index in [-0.39, 0.29) is 5.82 Å². The van der Waals surface area contributed by atoms with Crippen molar-refractivity contribution in [3.05, 3.63) is 71.2 Å². The third-order valence-electron chi connectivity index (χ3n) is 6.72. The number of nitrogens with zero attached hydrogens (tertiary/aromatic N) is 5. The summed E-state index contributed by atoms with van der Waals surface area (Å²) in [6.07, 6.45) is 0. The predicted octanol–water partition coefficient (Wildman–Crippen LogP) is 4.49. The maximum absolute atomic E-state index is 14.1. The summed E-state index contributed by atoms with van der Waals surface area (Å²) in [5.41, 5.74) is 4.21. The van der Waals surface area contributed by atoms with E-state index < -0.39 is 0 Å². The molecule has 0 radical (unpaired) electrons. The molecular formula is C27H36FN5O. The summed E-state index contributed by atoms with van der Waals surface area (Å²) in [6.45, 7) is 14.0. The first-order chi connectivity index (χ1) is 16.5. The van der Waals surface area contributed by atoms with Gasteiger partial charge >= 0.3 is 0 Å². The van der Waals surface area contributed by atoms with Gasteiger partial charge in [-0.05, 0) is 55.9 Å². The highest BCUT2D eigenvalue weighted by molar-refractivity contribution is 5.56. The van der Waals surface area contributed by atoms with Gasteiger partial charge < -0.3 is 14.5 Å². The molecule has 7 heteroatoms. The molecule has 0 atom stereocenters. The van der Waals surface area contributed by atoms with E-state index in [1.54, 1.807) is 19.2 Å². The molecule has 1 fully saturated rings. The zero-order valence-corrected chi connectivity index (χ0v) is 20.8. The molecule has 34 heavy (non-hydrogen) atoms. The van der Waals surface area contributed by atoms with Crippen LogP contribution in [-0.4, -0.2) is 66.0 Å². The van der Waals surface area contributed by atoms with E-state index in [1.807, 2.05) is 22.9 Å². The number of halogens is 1. The van der Waals surface area contributed by atoms with Crippen LogP contribution in [-0.2, 0) is 13.1 Å². The number of likely N-dealkylation sites (N-methyl/N-ethyl adjacent to an activating group) is 1. The maximum atomic E-state index is 14.1. The second kappa shape index (κ2) is 11.0. The van der Waals surface area contributed by atoms with Crippen molar-refractivity contribution in [2.75, 3.05) is 51.3 Å². The number of methoxy groups -OCH3 is 1. The van der Waals surface area contributed by atoms with Crippen molar-refractivity contribution < 1.29 is 9.13 Å². The lowest BCUT2D eigenvalue weighted by molar-refractivity contribution is 0.264. The maximum Gasteiger partial charge on any atom is 0.137 e. The Bertz CT molecular complexity index is 1070. The standard InChI is InChI=1S/C27H36FN5O/c1-5-30-14-16-32(17-15-30)27-26(21(3)29-33(27)24-9-7-8-23(28)18-24)20-31(6-2)19-22-10-12-25(34-4)13-11-22/h7-13,18H,5-6,14-17,19-20H2,1-4H3.